The van der Waals surface area contributed by atoms with Crippen LogP contribution >= 0.6 is 0 Å². The Balaban J connectivity index is 1.97. The highest BCUT2D eigenvalue weighted by Gasteiger charge is 2.08. The van der Waals surface area contributed by atoms with Gasteiger partial charge in [0.1, 0.15) is 5.82 Å². The summed E-state index contributed by atoms with van der Waals surface area (Å²) in [5.74, 6) is -1.08. The predicted octanol–water partition coefficient (Wildman–Crippen LogP) is 1.36. The molecule has 2 aromatic rings. The minimum Gasteiger partial charge on any atom is -0.396 e. The molecule has 0 saturated carbocycles. The van der Waals surface area contributed by atoms with Crippen LogP contribution in [0.1, 0.15) is 12.2 Å². The first-order valence-electron chi connectivity index (χ1n) is 5.86. The number of fused-ring (bicyclic) bond motifs is 1. The lowest BCUT2D eigenvalue weighted by Gasteiger charge is -2.00. The number of aromatic amines is 1. The SMILES string of the molecule is OCCCNCCc1nc2cc(F)c(F)cc2[nH]1. The maximum absolute atomic E-state index is 13.0. The maximum Gasteiger partial charge on any atom is 0.161 e. The van der Waals surface area contributed by atoms with E-state index < -0.39 is 11.6 Å². The van der Waals surface area contributed by atoms with Crippen LogP contribution in [0.5, 0.6) is 0 Å². The number of benzene rings is 1. The summed E-state index contributed by atoms with van der Waals surface area (Å²) in [7, 11) is 0. The van der Waals surface area contributed by atoms with Crippen molar-refractivity contribution in [1.82, 2.24) is 15.3 Å². The summed E-state index contributed by atoms with van der Waals surface area (Å²) >= 11 is 0. The number of aliphatic hydroxyl groups excluding tert-OH is 1. The second kappa shape index (κ2) is 5.88. The van der Waals surface area contributed by atoms with Gasteiger partial charge in [0.05, 0.1) is 11.0 Å². The molecule has 4 nitrogen and oxygen atoms in total. The van der Waals surface area contributed by atoms with Crippen LogP contribution in [0.3, 0.4) is 0 Å². The van der Waals surface area contributed by atoms with Crippen molar-refractivity contribution in [1.29, 1.82) is 0 Å². The van der Waals surface area contributed by atoms with Crippen LogP contribution in [0.4, 0.5) is 8.78 Å². The van der Waals surface area contributed by atoms with E-state index in [1.807, 2.05) is 0 Å². The number of hydrogen-bond donors (Lipinski definition) is 3. The molecule has 1 aromatic carbocycles. The van der Waals surface area contributed by atoms with E-state index in [2.05, 4.69) is 15.3 Å². The molecular formula is C12H15F2N3O. The van der Waals surface area contributed by atoms with Gasteiger partial charge in [0.15, 0.2) is 11.6 Å². The standard InChI is InChI=1S/C12H15F2N3O/c13-8-6-10-11(7-9(8)14)17-12(16-10)2-4-15-3-1-5-18/h6-7,15,18H,1-5H2,(H,16,17). The summed E-state index contributed by atoms with van der Waals surface area (Å²) in [6.45, 7) is 1.60. The summed E-state index contributed by atoms with van der Waals surface area (Å²) in [6.07, 6.45) is 1.35. The summed E-state index contributed by atoms with van der Waals surface area (Å²) in [4.78, 5) is 7.13. The first-order chi connectivity index (χ1) is 8.70. The minimum absolute atomic E-state index is 0.163. The third-order valence-corrected chi connectivity index (χ3v) is 2.62. The summed E-state index contributed by atoms with van der Waals surface area (Å²) in [6, 6.07) is 2.20. The predicted molar refractivity (Wildman–Crippen MR) is 64.3 cm³/mol. The van der Waals surface area contributed by atoms with Gasteiger partial charge in [-0.25, -0.2) is 13.8 Å². The van der Waals surface area contributed by atoms with Crippen molar-refractivity contribution >= 4 is 11.0 Å². The Labute approximate surface area is 103 Å². The lowest BCUT2D eigenvalue weighted by Crippen LogP contribution is -2.19. The zero-order valence-corrected chi connectivity index (χ0v) is 9.84. The van der Waals surface area contributed by atoms with Crippen LogP contribution in [0.15, 0.2) is 12.1 Å². The van der Waals surface area contributed by atoms with Crippen molar-refractivity contribution < 1.29 is 13.9 Å². The Morgan fingerprint density at radius 2 is 2.00 bits per heavy atom. The summed E-state index contributed by atoms with van der Waals surface area (Å²) in [5, 5.41) is 11.7. The second-order valence-electron chi connectivity index (χ2n) is 4.04. The van der Waals surface area contributed by atoms with Crippen LogP contribution in [0.25, 0.3) is 11.0 Å². The third-order valence-electron chi connectivity index (χ3n) is 2.62. The Bertz CT molecular complexity index is 488. The van der Waals surface area contributed by atoms with E-state index in [4.69, 9.17) is 5.11 Å². The van der Waals surface area contributed by atoms with Crippen molar-refractivity contribution in [3.8, 4) is 0 Å². The van der Waals surface area contributed by atoms with Crippen molar-refractivity contribution in [3.63, 3.8) is 0 Å². The molecule has 1 aromatic heterocycles. The van der Waals surface area contributed by atoms with Gasteiger partial charge >= 0.3 is 0 Å². The van der Waals surface area contributed by atoms with E-state index in [1.54, 1.807) is 0 Å². The van der Waals surface area contributed by atoms with Crippen molar-refractivity contribution in [2.45, 2.75) is 12.8 Å². The number of rotatable bonds is 6. The number of H-pyrrole nitrogens is 1. The monoisotopic (exact) mass is 255 g/mol. The topological polar surface area (TPSA) is 60.9 Å². The average molecular weight is 255 g/mol. The maximum atomic E-state index is 13.0. The van der Waals surface area contributed by atoms with Crippen molar-refractivity contribution in [2.75, 3.05) is 19.7 Å². The van der Waals surface area contributed by atoms with Gasteiger partial charge in [0.25, 0.3) is 0 Å². The highest BCUT2D eigenvalue weighted by atomic mass is 19.2. The van der Waals surface area contributed by atoms with Gasteiger partial charge in [-0.3, -0.25) is 0 Å². The average Bonchev–Trinajstić information content (AvgIpc) is 2.71. The van der Waals surface area contributed by atoms with E-state index in [1.165, 1.54) is 0 Å². The molecule has 0 radical (unpaired) electrons. The largest absolute Gasteiger partial charge is 0.396 e. The zero-order valence-electron chi connectivity index (χ0n) is 9.84. The Kier molecular flexibility index (Phi) is 4.22. The van der Waals surface area contributed by atoms with Gasteiger partial charge in [0, 0.05) is 31.7 Å². The number of aliphatic hydroxyl groups is 1. The van der Waals surface area contributed by atoms with Crippen molar-refractivity contribution in [2.24, 2.45) is 0 Å². The molecule has 98 valence electrons. The van der Waals surface area contributed by atoms with E-state index in [0.29, 0.717) is 36.2 Å². The molecule has 0 saturated heterocycles. The Morgan fingerprint density at radius 1 is 1.22 bits per heavy atom. The fourth-order valence-electron chi connectivity index (χ4n) is 1.71. The molecule has 1 heterocycles. The van der Waals surface area contributed by atoms with E-state index in [9.17, 15) is 8.78 Å². The molecule has 0 bridgehead atoms. The smallest absolute Gasteiger partial charge is 0.161 e. The minimum atomic E-state index is -0.887. The third kappa shape index (κ3) is 3.02. The number of aromatic nitrogens is 2. The molecule has 18 heavy (non-hydrogen) atoms. The van der Waals surface area contributed by atoms with E-state index >= 15 is 0 Å². The second-order valence-corrected chi connectivity index (χ2v) is 4.04. The first kappa shape index (κ1) is 12.9. The van der Waals surface area contributed by atoms with E-state index in [-0.39, 0.29) is 6.61 Å². The normalized spacial score (nSPS) is 11.3. The summed E-state index contributed by atoms with van der Waals surface area (Å²) in [5.41, 5.74) is 0.929. The lowest BCUT2D eigenvalue weighted by atomic mass is 10.3. The lowest BCUT2D eigenvalue weighted by molar-refractivity contribution is 0.286. The van der Waals surface area contributed by atoms with Gasteiger partial charge in [0.2, 0.25) is 0 Å². The molecular weight excluding hydrogens is 240 g/mol. The molecule has 6 heteroatoms. The molecule has 0 unspecified atom stereocenters. The summed E-state index contributed by atoms with van der Waals surface area (Å²) < 4.78 is 26.0. The van der Waals surface area contributed by atoms with Crippen LogP contribution in [-0.2, 0) is 6.42 Å². The number of hydrogen-bond acceptors (Lipinski definition) is 3. The quantitative estimate of drug-likeness (QED) is 0.683. The number of imidazole rings is 1. The molecule has 0 aliphatic carbocycles. The van der Waals surface area contributed by atoms with Gasteiger partial charge in [-0.1, -0.05) is 0 Å². The Morgan fingerprint density at radius 3 is 2.78 bits per heavy atom. The first-order valence-corrected chi connectivity index (χ1v) is 5.86. The number of nitrogens with zero attached hydrogens (tertiary/aromatic N) is 1. The molecule has 0 aliphatic heterocycles. The highest BCUT2D eigenvalue weighted by Crippen LogP contribution is 2.16. The van der Waals surface area contributed by atoms with Gasteiger partial charge in [-0.2, -0.15) is 0 Å². The number of nitrogens with one attached hydrogen (secondary N) is 2. The molecule has 0 atom stereocenters. The van der Waals surface area contributed by atoms with Gasteiger partial charge < -0.3 is 15.4 Å². The zero-order chi connectivity index (χ0) is 13.0. The molecule has 3 N–H and O–H groups in total. The molecule has 0 spiro atoms. The fraction of sp³-hybridized carbons (Fsp3) is 0.417. The van der Waals surface area contributed by atoms with Crippen LogP contribution in [0.2, 0.25) is 0 Å². The van der Waals surface area contributed by atoms with Crippen LogP contribution in [-0.4, -0.2) is 34.8 Å². The van der Waals surface area contributed by atoms with Crippen LogP contribution in [0, 0.1) is 11.6 Å². The fourth-order valence-corrected chi connectivity index (χ4v) is 1.71. The van der Waals surface area contributed by atoms with Crippen LogP contribution < -0.4 is 5.32 Å². The highest BCUT2D eigenvalue weighted by molar-refractivity contribution is 5.75. The van der Waals surface area contributed by atoms with Gasteiger partial charge in [-0.05, 0) is 13.0 Å². The number of halogens is 2. The Hall–Kier alpha value is -1.53. The molecule has 0 amide bonds. The van der Waals surface area contributed by atoms with Crippen molar-refractivity contribution in [3.05, 3.63) is 29.6 Å². The molecule has 0 aliphatic rings. The molecule has 0 fully saturated rings. The van der Waals surface area contributed by atoms with Gasteiger partial charge in [-0.15, -0.1) is 0 Å². The molecule has 2 rings (SSSR count). The van der Waals surface area contributed by atoms with E-state index in [0.717, 1.165) is 18.7 Å².